The maximum absolute atomic E-state index is 8.00. The van der Waals surface area contributed by atoms with Gasteiger partial charge >= 0.3 is 7.12 Å². The van der Waals surface area contributed by atoms with Crippen LogP contribution in [0.5, 0.6) is 0 Å². The van der Waals surface area contributed by atoms with Gasteiger partial charge in [0.15, 0.2) is 0 Å². The topological polar surface area (TPSA) is 78.7 Å². The van der Waals surface area contributed by atoms with E-state index in [4.69, 9.17) is 14.7 Å². The van der Waals surface area contributed by atoms with Gasteiger partial charge in [0.05, 0.1) is 23.0 Å². The van der Waals surface area contributed by atoms with E-state index >= 15 is 0 Å². The first-order valence-corrected chi connectivity index (χ1v) is 8.25. The number of nitrogens with zero attached hydrogens (tertiary/aromatic N) is 1. The summed E-state index contributed by atoms with van der Waals surface area (Å²) in [4.78, 5) is 0. The van der Waals surface area contributed by atoms with Gasteiger partial charge in [-0.2, -0.15) is 5.10 Å². The van der Waals surface area contributed by atoms with E-state index in [9.17, 15) is 0 Å². The van der Waals surface area contributed by atoms with Crippen LogP contribution in [0.15, 0.2) is 5.10 Å². The molecule has 0 atom stereocenters. The maximum Gasteiger partial charge on any atom is 0.515 e. The molecule has 126 valence electrons. The average molecular weight is 310 g/mol. The third-order valence-corrected chi connectivity index (χ3v) is 4.31. The molecule has 2 rings (SSSR count). The van der Waals surface area contributed by atoms with Crippen LogP contribution in [0.3, 0.4) is 0 Å². The second-order valence-electron chi connectivity index (χ2n) is 6.46. The van der Waals surface area contributed by atoms with Crippen molar-refractivity contribution in [2.75, 3.05) is 13.1 Å². The van der Waals surface area contributed by atoms with Gasteiger partial charge in [0, 0.05) is 6.04 Å². The summed E-state index contributed by atoms with van der Waals surface area (Å²) in [6.07, 6.45) is 3.60. The fourth-order valence-corrected chi connectivity index (χ4v) is 2.19. The molecule has 0 aromatic rings. The van der Waals surface area contributed by atoms with Crippen LogP contribution < -0.4 is 10.7 Å². The predicted octanol–water partition coefficient (Wildman–Crippen LogP) is 1.99. The summed E-state index contributed by atoms with van der Waals surface area (Å²) in [5.41, 5.74) is 2.50. The van der Waals surface area contributed by atoms with E-state index in [1.807, 2.05) is 41.5 Å². The van der Waals surface area contributed by atoms with E-state index < -0.39 is 18.3 Å². The highest BCUT2D eigenvalue weighted by molar-refractivity contribution is 6.92. The van der Waals surface area contributed by atoms with Crippen molar-refractivity contribution in [3.05, 3.63) is 0 Å². The fourth-order valence-electron chi connectivity index (χ4n) is 2.19. The standard InChI is InChI=1S/C13H25BN4O2.C2H6/c1-12(2)13(3,4)20-14(19-12)11(15)9-17-18-10-5-7-16-8-6-10;1-2/h9-10,15-16,18H,5-8H2,1-4H3;1-2H3/b15-11?,17-9-;. The summed E-state index contributed by atoms with van der Waals surface area (Å²) in [5.74, 6) is 0. The van der Waals surface area contributed by atoms with Gasteiger partial charge in [-0.1, -0.05) is 13.8 Å². The molecule has 0 aliphatic carbocycles. The molecule has 2 fully saturated rings. The van der Waals surface area contributed by atoms with Crippen LogP contribution in [0.4, 0.5) is 0 Å². The predicted molar refractivity (Wildman–Crippen MR) is 92.7 cm³/mol. The van der Waals surface area contributed by atoms with Crippen molar-refractivity contribution >= 4 is 18.9 Å². The van der Waals surface area contributed by atoms with Crippen LogP contribution in [0.25, 0.3) is 0 Å². The number of rotatable bonds is 4. The summed E-state index contributed by atoms with van der Waals surface area (Å²) >= 11 is 0. The van der Waals surface area contributed by atoms with Gasteiger partial charge in [-0.05, 0) is 53.6 Å². The minimum Gasteiger partial charge on any atom is -0.398 e. The monoisotopic (exact) mass is 310 g/mol. The molecule has 0 amide bonds. The van der Waals surface area contributed by atoms with E-state index in [0.717, 1.165) is 25.9 Å². The molecule has 0 radical (unpaired) electrons. The molecule has 0 spiro atoms. The van der Waals surface area contributed by atoms with Gasteiger partial charge in [-0.25, -0.2) is 0 Å². The van der Waals surface area contributed by atoms with Crippen molar-refractivity contribution in [2.24, 2.45) is 5.10 Å². The lowest BCUT2D eigenvalue weighted by molar-refractivity contribution is 0.00578. The summed E-state index contributed by atoms with van der Waals surface area (Å²) in [6, 6.07) is 0.388. The van der Waals surface area contributed by atoms with Crippen molar-refractivity contribution in [1.82, 2.24) is 10.7 Å². The van der Waals surface area contributed by atoms with Gasteiger partial charge in [0.2, 0.25) is 0 Å². The quantitative estimate of drug-likeness (QED) is 0.421. The normalized spacial score (nSPS) is 24.0. The highest BCUT2D eigenvalue weighted by Gasteiger charge is 2.52. The number of hydrogen-bond donors (Lipinski definition) is 3. The first kappa shape index (κ1) is 19.1. The molecule has 2 saturated heterocycles. The van der Waals surface area contributed by atoms with E-state index in [-0.39, 0.29) is 5.61 Å². The SMILES string of the molecule is CC.CC1(C)OB(C(=N)/C=N\NC2CCNCC2)OC1(C)C. The molecule has 2 aliphatic rings. The molecule has 0 bridgehead atoms. The Hall–Kier alpha value is -0.915. The molecule has 2 aliphatic heterocycles. The van der Waals surface area contributed by atoms with Crippen LogP contribution >= 0.6 is 0 Å². The van der Waals surface area contributed by atoms with Crippen molar-refractivity contribution in [2.45, 2.75) is 71.6 Å². The van der Waals surface area contributed by atoms with Gasteiger partial charge in [-0.15, -0.1) is 0 Å². The van der Waals surface area contributed by atoms with E-state index in [1.54, 1.807) is 0 Å². The molecule has 7 heteroatoms. The lowest BCUT2D eigenvalue weighted by Crippen LogP contribution is -2.41. The number of hydrogen-bond acceptors (Lipinski definition) is 6. The minimum absolute atomic E-state index is 0.241. The highest BCUT2D eigenvalue weighted by Crippen LogP contribution is 2.36. The van der Waals surface area contributed by atoms with Crippen LogP contribution in [0.1, 0.15) is 54.4 Å². The molecular formula is C15H31BN4O2. The van der Waals surface area contributed by atoms with Crippen molar-refractivity contribution in [3.63, 3.8) is 0 Å². The van der Waals surface area contributed by atoms with E-state index in [1.165, 1.54) is 6.21 Å². The zero-order chi connectivity index (χ0) is 16.8. The second kappa shape index (κ2) is 8.08. The largest absolute Gasteiger partial charge is 0.515 e. The summed E-state index contributed by atoms with van der Waals surface area (Å²) in [7, 11) is -0.640. The summed E-state index contributed by atoms with van der Waals surface area (Å²) in [5, 5.41) is 15.5. The van der Waals surface area contributed by atoms with Crippen LogP contribution in [-0.4, -0.2) is 49.3 Å². The van der Waals surface area contributed by atoms with Gasteiger partial charge < -0.3 is 25.5 Å². The van der Waals surface area contributed by atoms with Crippen molar-refractivity contribution in [1.29, 1.82) is 5.41 Å². The molecule has 6 nitrogen and oxygen atoms in total. The molecule has 0 aromatic carbocycles. The lowest BCUT2D eigenvalue weighted by atomic mass is 9.83. The smallest absolute Gasteiger partial charge is 0.398 e. The van der Waals surface area contributed by atoms with E-state index in [0.29, 0.717) is 6.04 Å². The first-order chi connectivity index (χ1) is 10.3. The Labute approximate surface area is 135 Å². The molecule has 0 unspecified atom stereocenters. The van der Waals surface area contributed by atoms with Crippen LogP contribution in [0, 0.1) is 5.41 Å². The Bertz CT molecular complexity index is 377. The fraction of sp³-hybridized carbons (Fsp3) is 0.867. The molecule has 22 heavy (non-hydrogen) atoms. The Balaban J connectivity index is 0.00000116. The highest BCUT2D eigenvalue weighted by atomic mass is 16.7. The van der Waals surface area contributed by atoms with Crippen LogP contribution in [0.2, 0.25) is 0 Å². The number of piperidine rings is 1. The van der Waals surface area contributed by atoms with Gasteiger partial charge in [0.25, 0.3) is 0 Å². The van der Waals surface area contributed by atoms with Crippen LogP contribution in [-0.2, 0) is 9.31 Å². The van der Waals surface area contributed by atoms with E-state index in [2.05, 4.69) is 15.8 Å². The Morgan fingerprint density at radius 2 is 1.68 bits per heavy atom. The summed E-state index contributed by atoms with van der Waals surface area (Å²) < 4.78 is 11.6. The molecule has 0 aromatic heterocycles. The second-order valence-corrected chi connectivity index (χ2v) is 6.46. The lowest BCUT2D eigenvalue weighted by Gasteiger charge is -2.32. The maximum atomic E-state index is 8.00. The molecule has 3 N–H and O–H groups in total. The summed E-state index contributed by atoms with van der Waals surface area (Å²) in [6.45, 7) is 13.9. The van der Waals surface area contributed by atoms with Gasteiger partial charge in [-0.3, -0.25) is 0 Å². The zero-order valence-electron chi connectivity index (χ0n) is 14.8. The van der Waals surface area contributed by atoms with Crippen molar-refractivity contribution in [3.8, 4) is 0 Å². The Morgan fingerprint density at radius 3 is 2.18 bits per heavy atom. The third kappa shape index (κ3) is 4.79. The molecule has 0 saturated carbocycles. The third-order valence-electron chi connectivity index (χ3n) is 4.31. The number of nitrogens with one attached hydrogen (secondary N) is 3. The first-order valence-electron chi connectivity index (χ1n) is 8.25. The van der Waals surface area contributed by atoms with Crippen molar-refractivity contribution < 1.29 is 9.31 Å². The number of hydrazone groups is 1. The Morgan fingerprint density at radius 1 is 1.18 bits per heavy atom. The Kier molecular flexibility index (Phi) is 7.03. The zero-order valence-corrected chi connectivity index (χ0v) is 14.8. The minimum atomic E-state index is -0.640. The molecular weight excluding hydrogens is 279 g/mol. The average Bonchev–Trinajstić information content (AvgIpc) is 2.71. The van der Waals surface area contributed by atoms with Gasteiger partial charge in [0.1, 0.15) is 0 Å². The molecule has 2 heterocycles.